The zero-order chi connectivity index (χ0) is 13.4. The molecule has 2 fully saturated rings. The number of amides is 1. The Morgan fingerprint density at radius 1 is 1.33 bits per heavy atom. The van der Waals surface area contributed by atoms with Gasteiger partial charge in [-0.15, -0.1) is 0 Å². The molecule has 4 heteroatoms. The lowest BCUT2D eigenvalue weighted by Gasteiger charge is -2.40. The molecule has 0 aromatic heterocycles. The number of carbonyl (C=O) groups excluding carboxylic acids is 1. The summed E-state index contributed by atoms with van der Waals surface area (Å²) in [6, 6.07) is -0.0889. The molecule has 1 atom stereocenters. The molecular weight excluding hydrogens is 228 g/mol. The Bertz CT molecular complexity index is 318. The van der Waals surface area contributed by atoms with Gasteiger partial charge in [-0.25, -0.2) is 0 Å². The Morgan fingerprint density at radius 3 is 2.44 bits per heavy atom. The van der Waals surface area contributed by atoms with Crippen molar-refractivity contribution < 1.29 is 9.90 Å². The average Bonchev–Trinajstić information content (AvgIpc) is 2.63. The summed E-state index contributed by atoms with van der Waals surface area (Å²) >= 11 is 0. The molecule has 1 aliphatic heterocycles. The molecule has 18 heavy (non-hydrogen) atoms. The lowest BCUT2D eigenvalue weighted by Crippen LogP contribution is -2.49. The molecule has 2 N–H and O–H groups in total. The number of hydrogen-bond donors (Lipinski definition) is 2. The van der Waals surface area contributed by atoms with Crippen molar-refractivity contribution in [1.29, 1.82) is 0 Å². The summed E-state index contributed by atoms with van der Waals surface area (Å²) in [7, 11) is 1.84. The van der Waals surface area contributed by atoms with E-state index in [9.17, 15) is 9.90 Å². The molecule has 1 heterocycles. The minimum Gasteiger partial charge on any atom is -0.389 e. The zero-order valence-corrected chi connectivity index (χ0v) is 11.8. The minimum atomic E-state index is -0.614. The van der Waals surface area contributed by atoms with E-state index in [1.54, 1.807) is 4.90 Å². The van der Waals surface area contributed by atoms with Crippen LogP contribution < -0.4 is 5.32 Å². The molecule has 0 spiro atoms. The summed E-state index contributed by atoms with van der Waals surface area (Å²) in [6.07, 6.45) is 4.65. The molecule has 1 unspecified atom stereocenters. The van der Waals surface area contributed by atoms with Gasteiger partial charge >= 0.3 is 0 Å². The number of nitrogens with zero attached hydrogens (tertiary/aromatic N) is 1. The zero-order valence-electron chi connectivity index (χ0n) is 11.8. The van der Waals surface area contributed by atoms with Gasteiger partial charge < -0.3 is 15.3 Å². The van der Waals surface area contributed by atoms with Gasteiger partial charge in [0, 0.05) is 20.1 Å². The van der Waals surface area contributed by atoms with Crippen molar-refractivity contribution in [1.82, 2.24) is 10.2 Å². The first-order valence-electron chi connectivity index (χ1n) is 7.02. The predicted octanol–water partition coefficient (Wildman–Crippen LogP) is 1.14. The molecule has 104 valence electrons. The summed E-state index contributed by atoms with van der Waals surface area (Å²) in [6.45, 7) is 5.89. The average molecular weight is 254 g/mol. The maximum absolute atomic E-state index is 11.8. The summed E-state index contributed by atoms with van der Waals surface area (Å²) in [5.41, 5.74) is -0.257. The smallest absolute Gasteiger partial charge is 0.239 e. The third kappa shape index (κ3) is 3.04. The number of aliphatic hydroxyl groups is 1. The first kappa shape index (κ1) is 13.8. The van der Waals surface area contributed by atoms with Gasteiger partial charge in [-0.05, 0) is 37.5 Å². The van der Waals surface area contributed by atoms with Gasteiger partial charge in [0.25, 0.3) is 0 Å². The van der Waals surface area contributed by atoms with Gasteiger partial charge in [-0.3, -0.25) is 4.79 Å². The van der Waals surface area contributed by atoms with Crippen LogP contribution in [0, 0.1) is 5.41 Å². The van der Waals surface area contributed by atoms with Crippen LogP contribution in [0.1, 0.15) is 46.0 Å². The van der Waals surface area contributed by atoms with Crippen molar-refractivity contribution in [3.63, 3.8) is 0 Å². The highest BCUT2D eigenvalue weighted by Crippen LogP contribution is 2.39. The molecule has 0 aromatic rings. The van der Waals surface area contributed by atoms with Gasteiger partial charge in [0.2, 0.25) is 5.91 Å². The van der Waals surface area contributed by atoms with Crippen LogP contribution in [-0.4, -0.2) is 47.7 Å². The van der Waals surface area contributed by atoms with Crippen molar-refractivity contribution in [2.24, 2.45) is 5.41 Å². The molecule has 1 aliphatic carbocycles. The summed E-state index contributed by atoms with van der Waals surface area (Å²) in [5, 5.41) is 13.8. The highest BCUT2D eigenvalue weighted by Gasteiger charge is 2.38. The van der Waals surface area contributed by atoms with Gasteiger partial charge in [-0.2, -0.15) is 0 Å². The van der Waals surface area contributed by atoms with Crippen molar-refractivity contribution in [3.8, 4) is 0 Å². The number of carbonyl (C=O) groups is 1. The molecule has 1 saturated carbocycles. The first-order valence-corrected chi connectivity index (χ1v) is 7.02. The fourth-order valence-corrected chi connectivity index (χ4v) is 2.89. The third-order valence-electron chi connectivity index (χ3n) is 4.64. The normalized spacial score (nSPS) is 30.8. The van der Waals surface area contributed by atoms with E-state index in [1.165, 1.54) is 0 Å². The van der Waals surface area contributed by atoms with Crippen molar-refractivity contribution in [3.05, 3.63) is 0 Å². The predicted molar refractivity (Wildman–Crippen MR) is 71.2 cm³/mol. The van der Waals surface area contributed by atoms with Crippen LogP contribution in [0.2, 0.25) is 0 Å². The second kappa shape index (κ2) is 4.82. The summed E-state index contributed by atoms with van der Waals surface area (Å²) in [4.78, 5) is 13.5. The lowest BCUT2D eigenvalue weighted by molar-refractivity contribution is -0.128. The van der Waals surface area contributed by atoms with Gasteiger partial charge in [0.05, 0.1) is 11.6 Å². The fraction of sp³-hybridized carbons (Fsp3) is 0.929. The molecule has 0 radical (unpaired) electrons. The van der Waals surface area contributed by atoms with Crippen LogP contribution in [0.25, 0.3) is 0 Å². The van der Waals surface area contributed by atoms with E-state index in [2.05, 4.69) is 19.2 Å². The molecule has 2 aliphatic rings. The minimum absolute atomic E-state index is 0.0889. The van der Waals surface area contributed by atoms with E-state index in [-0.39, 0.29) is 11.9 Å². The van der Waals surface area contributed by atoms with E-state index in [0.29, 0.717) is 12.0 Å². The monoisotopic (exact) mass is 254 g/mol. The van der Waals surface area contributed by atoms with Crippen molar-refractivity contribution in [2.45, 2.75) is 57.6 Å². The fourth-order valence-electron chi connectivity index (χ4n) is 2.89. The Hall–Kier alpha value is -0.610. The molecule has 2 rings (SSSR count). The Morgan fingerprint density at radius 2 is 1.94 bits per heavy atom. The van der Waals surface area contributed by atoms with Crippen LogP contribution in [-0.2, 0) is 4.79 Å². The number of nitrogens with one attached hydrogen (secondary N) is 1. The molecule has 4 nitrogen and oxygen atoms in total. The van der Waals surface area contributed by atoms with Crippen LogP contribution in [0.3, 0.4) is 0 Å². The SMILES string of the molecule is CN1CCC(NCC2(O)CCC(C)(C)CC2)C1=O. The molecule has 0 bridgehead atoms. The number of rotatable bonds is 3. The van der Waals surface area contributed by atoms with E-state index in [4.69, 9.17) is 0 Å². The van der Waals surface area contributed by atoms with E-state index < -0.39 is 5.60 Å². The highest BCUT2D eigenvalue weighted by molar-refractivity contribution is 5.83. The summed E-state index contributed by atoms with van der Waals surface area (Å²) < 4.78 is 0. The molecule has 1 amide bonds. The first-order chi connectivity index (χ1) is 8.31. The number of hydrogen-bond acceptors (Lipinski definition) is 3. The largest absolute Gasteiger partial charge is 0.389 e. The Kier molecular flexibility index (Phi) is 3.70. The van der Waals surface area contributed by atoms with Crippen LogP contribution in [0.4, 0.5) is 0 Å². The Labute approximate surface area is 110 Å². The topological polar surface area (TPSA) is 52.6 Å². The molecular formula is C14H26N2O2. The standard InChI is InChI=1S/C14H26N2O2/c1-13(2)5-7-14(18,8-6-13)10-15-11-4-9-16(3)12(11)17/h11,15,18H,4-10H2,1-3H3. The second-order valence-corrected chi connectivity index (χ2v) is 6.87. The van der Waals surface area contributed by atoms with Gasteiger partial charge in [-0.1, -0.05) is 13.8 Å². The van der Waals surface area contributed by atoms with E-state index in [1.807, 2.05) is 7.05 Å². The van der Waals surface area contributed by atoms with Crippen LogP contribution in [0.15, 0.2) is 0 Å². The maximum atomic E-state index is 11.8. The third-order valence-corrected chi connectivity index (χ3v) is 4.64. The van der Waals surface area contributed by atoms with Crippen LogP contribution >= 0.6 is 0 Å². The molecule has 0 aromatic carbocycles. The Balaban J connectivity index is 1.82. The summed E-state index contributed by atoms with van der Waals surface area (Å²) in [5.74, 6) is 0.162. The van der Waals surface area contributed by atoms with Gasteiger partial charge in [0.1, 0.15) is 0 Å². The number of likely N-dealkylation sites (tertiary alicyclic amines) is 1. The van der Waals surface area contributed by atoms with E-state index in [0.717, 1.165) is 38.6 Å². The van der Waals surface area contributed by atoms with Crippen molar-refractivity contribution >= 4 is 5.91 Å². The maximum Gasteiger partial charge on any atom is 0.239 e. The van der Waals surface area contributed by atoms with Gasteiger partial charge in [0.15, 0.2) is 0 Å². The van der Waals surface area contributed by atoms with Crippen molar-refractivity contribution in [2.75, 3.05) is 20.1 Å². The number of likely N-dealkylation sites (N-methyl/N-ethyl adjacent to an activating group) is 1. The second-order valence-electron chi connectivity index (χ2n) is 6.87. The van der Waals surface area contributed by atoms with Crippen LogP contribution in [0.5, 0.6) is 0 Å². The lowest BCUT2D eigenvalue weighted by atomic mass is 9.71. The highest BCUT2D eigenvalue weighted by atomic mass is 16.3. The molecule has 1 saturated heterocycles. The quantitative estimate of drug-likeness (QED) is 0.794. The van der Waals surface area contributed by atoms with E-state index >= 15 is 0 Å².